The Hall–Kier alpha value is -2.17. The van der Waals surface area contributed by atoms with Crippen molar-refractivity contribution in [1.29, 1.82) is 5.26 Å². The first-order chi connectivity index (χ1) is 14.2. The summed E-state index contributed by atoms with van der Waals surface area (Å²) in [5.41, 5.74) is 3.53. The van der Waals surface area contributed by atoms with Crippen molar-refractivity contribution in [1.82, 2.24) is 9.88 Å². The van der Waals surface area contributed by atoms with Crippen LogP contribution in [0.5, 0.6) is 0 Å². The smallest absolute Gasteiger partial charge is 0.225 e. The second-order valence-electron chi connectivity index (χ2n) is 9.27. The zero-order valence-corrected chi connectivity index (χ0v) is 19.1. The summed E-state index contributed by atoms with van der Waals surface area (Å²) in [4.78, 5) is 21.6. The quantitative estimate of drug-likeness (QED) is 0.737. The first kappa shape index (κ1) is 22.5. The number of nitriles is 1. The fraction of sp³-hybridized carbons (Fsp3) is 0.696. The molecule has 0 spiro atoms. The van der Waals surface area contributed by atoms with Crippen molar-refractivity contribution in [3.05, 3.63) is 22.4 Å². The van der Waals surface area contributed by atoms with Crippen LogP contribution < -0.4 is 4.90 Å². The second kappa shape index (κ2) is 8.91. The number of hydrogen-bond donors (Lipinski definition) is 0. The van der Waals surface area contributed by atoms with Crippen molar-refractivity contribution in [2.75, 3.05) is 38.3 Å². The van der Waals surface area contributed by atoms with Gasteiger partial charge >= 0.3 is 0 Å². The minimum atomic E-state index is -0.300. The summed E-state index contributed by atoms with van der Waals surface area (Å²) in [6.07, 6.45) is 1.10. The van der Waals surface area contributed by atoms with Crippen molar-refractivity contribution in [2.45, 2.75) is 71.6 Å². The van der Waals surface area contributed by atoms with E-state index in [1.807, 2.05) is 4.90 Å². The van der Waals surface area contributed by atoms with E-state index in [9.17, 15) is 10.1 Å². The molecule has 0 N–H and O–H groups in total. The lowest BCUT2D eigenvalue weighted by molar-refractivity contribution is -0.134. The van der Waals surface area contributed by atoms with Gasteiger partial charge in [0.25, 0.3) is 0 Å². The Morgan fingerprint density at radius 1 is 1.37 bits per heavy atom. The average molecular weight is 415 g/mol. The van der Waals surface area contributed by atoms with E-state index in [1.165, 1.54) is 0 Å². The van der Waals surface area contributed by atoms with Gasteiger partial charge in [0, 0.05) is 44.8 Å². The highest BCUT2D eigenvalue weighted by atomic mass is 16.5. The van der Waals surface area contributed by atoms with Crippen LogP contribution in [0.1, 0.15) is 69.3 Å². The molecule has 3 rings (SSSR count). The fourth-order valence-corrected chi connectivity index (χ4v) is 4.46. The topological polar surface area (TPSA) is 78.7 Å². The first-order valence-electron chi connectivity index (χ1n) is 10.8. The molecule has 0 saturated carbocycles. The molecule has 1 fully saturated rings. The molecular weight excluding hydrogens is 380 g/mol. The Morgan fingerprint density at radius 3 is 2.70 bits per heavy atom. The maximum absolute atomic E-state index is 12.5. The van der Waals surface area contributed by atoms with E-state index in [2.05, 4.69) is 45.6 Å². The summed E-state index contributed by atoms with van der Waals surface area (Å²) in [5, 5.41) is 10.1. The number of fused-ring (bicyclic) bond motifs is 1. The number of hydrogen-bond acceptors (Lipinski definition) is 6. The first-order valence-corrected chi connectivity index (χ1v) is 10.8. The van der Waals surface area contributed by atoms with Crippen LogP contribution in [0.3, 0.4) is 0 Å². The van der Waals surface area contributed by atoms with E-state index < -0.39 is 0 Å². The van der Waals surface area contributed by atoms with Crippen LogP contribution in [-0.4, -0.2) is 60.8 Å². The predicted molar refractivity (Wildman–Crippen MR) is 115 cm³/mol. The van der Waals surface area contributed by atoms with Gasteiger partial charge in [-0.05, 0) is 32.3 Å². The molecular formula is C23H34N4O3. The molecule has 1 saturated heterocycles. The fourth-order valence-electron chi connectivity index (χ4n) is 4.46. The van der Waals surface area contributed by atoms with Gasteiger partial charge in [0.15, 0.2) is 0 Å². The number of pyridine rings is 1. The van der Waals surface area contributed by atoms with Gasteiger partial charge in [-0.1, -0.05) is 13.8 Å². The van der Waals surface area contributed by atoms with Crippen molar-refractivity contribution < 1.29 is 14.3 Å². The number of methoxy groups -OCH3 is 1. The average Bonchev–Trinajstić information content (AvgIpc) is 2.69. The highest BCUT2D eigenvalue weighted by Crippen LogP contribution is 2.37. The number of carbonyl (C=O) groups is 1. The van der Waals surface area contributed by atoms with E-state index in [0.29, 0.717) is 51.3 Å². The molecule has 2 aliphatic rings. The van der Waals surface area contributed by atoms with Crippen LogP contribution in [0.2, 0.25) is 0 Å². The molecule has 0 bridgehead atoms. The lowest BCUT2D eigenvalue weighted by Crippen LogP contribution is -2.54. The van der Waals surface area contributed by atoms with Gasteiger partial charge in [-0.25, -0.2) is 4.98 Å². The minimum Gasteiger partial charge on any atom is -0.384 e. The van der Waals surface area contributed by atoms with Gasteiger partial charge in [0.2, 0.25) is 5.91 Å². The van der Waals surface area contributed by atoms with Crippen LogP contribution in [0.4, 0.5) is 5.82 Å². The summed E-state index contributed by atoms with van der Waals surface area (Å²) >= 11 is 0. The van der Waals surface area contributed by atoms with Gasteiger partial charge in [0.1, 0.15) is 11.9 Å². The Balaban J connectivity index is 1.94. The molecule has 0 aromatic carbocycles. The molecule has 7 heteroatoms. The number of carbonyl (C=O) groups excluding carboxylic acids is 1. The molecule has 7 nitrogen and oxygen atoms in total. The summed E-state index contributed by atoms with van der Waals surface area (Å²) in [6, 6.07) is 2.50. The number of rotatable bonds is 5. The van der Waals surface area contributed by atoms with Crippen LogP contribution in [0, 0.1) is 11.3 Å². The maximum atomic E-state index is 12.5. The van der Waals surface area contributed by atoms with E-state index in [-0.39, 0.29) is 23.5 Å². The van der Waals surface area contributed by atoms with Crippen molar-refractivity contribution in [2.24, 2.45) is 0 Å². The third kappa shape index (κ3) is 4.45. The van der Waals surface area contributed by atoms with Gasteiger partial charge < -0.3 is 19.3 Å². The Kier molecular flexibility index (Phi) is 6.68. The Bertz CT molecular complexity index is 844. The number of nitrogens with zero attached hydrogens (tertiary/aromatic N) is 4. The maximum Gasteiger partial charge on any atom is 0.225 e. The van der Waals surface area contributed by atoms with E-state index in [4.69, 9.17) is 14.5 Å². The lowest BCUT2D eigenvalue weighted by Gasteiger charge is -2.42. The number of piperazine rings is 1. The standard InChI is InChI=1S/C23H34N4O3/c1-15(2)21-19-14-30-23(4,5)11-17(19)18(12-24)22(25-21)26-8-9-27(16(3)13-26)20(28)7-10-29-6/h15-16H,7-11,13-14H2,1-6H3. The summed E-state index contributed by atoms with van der Waals surface area (Å²) in [6.45, 7) is 13.3. The van der Waals surface area contributed by atoms with Crippen LogP contribution in [0.15, 0.2) is 0 Å². The lowest BCUT2D eigenvalue weighted by atomic mass is 9.86. The van der Waals surface area contributed by atoms with Crippen LogP contribution in [0.25, 0.3) is 0 Å². The molecule has 3 heterocycles. The van der Waals surface area contributed by atoms with Gasteiger partial charge in [-0.15, -0.1) is 0 Å². The Morgan fingerprint density at radius 2 is 2.10 bits per heavy atom. The zero-order valence-electron chi connectivity index (χ0n) is 19.1. The number of aromatic nitrogens is 1. The third-order valence-electron chi connectivity index (χ3n) is 6.06. The predicted octanol–water partition coefficient (Wildman–Crippen LogP) is 3.00. The molecule has 1 aromatic heterocycles. The van der Waals surface area contributed by atoms with Crippen LogP contribution in [-0.2, 0) is 27.3 Å². The molecule has 0 radical (unpaired) electrons. The summed E-state index contributed by atoms with van der Waals surface area (Å²) < 4.78 is 11.1. The van der Waals surface area contributed by atoms with E-state index in [1.54, 1.807) is 7.11 Å². The molecule has 30 heavy (non-hydrogen) atoms. The molecule has 1 aromatic rings. The second-order valence-corrected chi connectivity index (χ2v) is 9.27. The highest BCUT2D eigenvalue weighted by Gasteiger charge is 2.35. The molecule has 1 amide bonds. The molecule has 0 aliphatic carbocycles. The van der Waals surface area contributed by atoms with Gasteiger partial charge in [0.05, 0.1) is 36.5 Å². The number of anilines is 1. The van der Waals surface area contributed by atoms with E-state index >= 15 is 0 Å². The summed E-state index contributed by atoms with van der Waals surface area (Å²) in [7, 11) is 1.61. The van der Waals surface area contributed by atoms with Gasteiger partial charge in [-0.3, -0.25) is 4.79 Å². The van der Waals surface area contributed by atoms with Crippen molar-refractivity contribution in [3.63, 3.8) is 0 Å². The Labute approximate surface area is 180 Å². The molecule has 1 atom stereocenters. The number of ether oxygens (including phenoxy) is 2. The van der Waals surface area contributed by atoms with Gasteiger partial charge in [-0.2, -0.15) is 5.26 Å². The zero-order chi connectivity index (χ0) is 22.1. The molecule has 1 unspecified atom stereocenters. The van der Waals surface area contributed by atoms with Crippen LogP contribution >= 0.6 is 0 Å². The number of amides is 1. The molecule has 164 valence electrons. The minimum absolute atomic E-state index is 0.0507. The molecule has 2 aliphatic heterocycles. The SMILES string of the molecule is COCCC(=O)N1CCN(c2nc(C(C)C)c3c(c2C#N)CC(C)(C)OC3)CC1C. The van der Waals surface area contributed by atoms with Crippen molar-refractivity contribution >= 4 is 11.7 Å². The summed E-state index contributed by atoms with van der Waals surface area (Å²) in [5.74, 6) is 1.11. The largest absolute Gasteiger partial charge is 0.384 e. The van der Waals surface area contributed by atoms with E-state index in [0.717, 1.165) is 22.6 Å². The normalized spacial score (nSPS) is 20.8. The van der Waals surface area contributed by atoms with Crippen molar-refractivity contribution in [3.8, 4) is 6.07 Å². The monoisotopic (exact) mass is 414 g/mol. The third-order valence-corrected chi connectivity index (χ3v) is 6.06. The highest BCUT2D eigenvalue weighted by molar-refractivity contribution is 5.77.